The molecule has 0 bridgehead atoms. The van der Waals surface area contributed by atoms with E-state index in [9.17, 15) is 0 Å². The third-order valence-electron chi connectivity index (χ3n) is 4.60. The van der Waals surface area contributed by atoms with Crippen molar-refractivity contribution in [3.63, 3.8) is 0 Å². The number of fused-ring (bicyclic) bond motifs is 1. The van der Waals surface area contributed by atoms with Crippen molar-refractivity contribution >= 4 is 11.1 Å². The SMILES string of the molecule is Cc1noc([C@@H]2CCCN(CCCc3nc4ccccc4o3)C2)n1. The van der Waals surface area contributed by atoms with E-state index >= 15 is 0 Å². The fraction of sp³-hybridized carbons (Fsp3) is 0.500. The van der Waals surface area contributed by atoms with Gasteiger partial charge in [0.25, 0.3) is 0 Å². The number of oxazole rings is 1. The molecule has 6 heteroatoms. The summed E-state index contributed by atoms with van der Waals surface area (Å²) in [5, 5.41) is 3.91. The van der Waals surface area contributed by atoms with Crippen molar-refractivity contribution in [2.24, 2.45) is 0 Å². The molecule has 6 nitrogen and oxygen atoms in total. The number of likely N-dealkylation sites (tertiary alicyclic amines) is 1. The Labute approximate surface area is 140 Å². The van der Waals surface area contributed by atoms with Crippen LogP contribution >= 0.6 is 0 Å². The van der Waals surface area contributed by atoms with E-state index in [-0.39, 0.29) is 0 Å². The van der Waals surface area contributed by atoms with Gasteiger partial charge in [-0.05, 0) is 51.4 Å². The molecular weight excluding hydrogens is 304 g/mol. The predicted molar refractivity (Wildman–Crippen MR) is 89.8 cm³/mol. The zero-order valence-electron chi connectivity index (χ0n) is 13.9. The van der Waals surface area contributed by atoms with Crippen LogP contribution in [-0.2, 0) is 6.42 Å². The van der Waals surface area contributed by atoms with Gasteiger partial charge in [-0.25, -0.2) is 4.98 Å². The molecule has 1 fully saturated rings. The molecule has 0 N–H and O–H groups in total. The van der Waals surface area contributed by atoms with Crippen LogP contribution in [0.4, 0.5) is 0 Å². The van der Waals surface area contributed by atoms with Crippen LogP contribution < -0.4 is 0 Å². The summed E-state index contributed by atoms with van der Waals surface area (Å²) in [5.41, 5.74) is 1.81. The van der Waals surface area contributed by atoms with Gasteiger partial charge in [0.1, 0.15) is 5.52 Å². The minimum atomic E-state index is 0.365. The fourth-order valence-electron chi connectivity index (χ4n) is 3.42. The lowest BCUT2D eigenvalue weighted by molar-refractivity contribution is 0.184. The maximum absolute atomic E-state index is 5.79. The smallest absolute Gasteiger partial charge is 0.231 e. The van der Waals surface area contributed by atoms with E-state index in [1.807, 2.05) is 31.2 Å². The van der Waals surface area contributed by atoms with Crippen molar-refractivity contribution in [1.29, 1.82) is 0 Å². The monoisotopic (exact) mass is 326 g/mol. The second-order valence-electron chi connectivity index (χ2n) is 6.50. The highest BCUT2D eigenvalue weighted by Gasteiger charge is 2.25. The van der Waals surface area contributed by atoms with E-state index in [0.29, 0.717) is 5.92 Å². The molecule has 0 radical (unpaired) electrons. The molecule has 24 heavy (non-hydrogen) atoms. The number of nitrogens with zero attached hydrogens (tertiary/aromatic N) is 4. The Morgan fingerprint density at radius 2 is 2.17 bits per heavy atom. The Morgan fingerprint density at radius 1 is 1.25 bits per heavy atom. The van der Waals surface area contributed by atoms with Crippen molar-refractivity contribution in [2.75, 3.05) is 19.6 Å². The van der Waals surface area contributed by atoms with Crippen LogP contribution in [0.15, 0.2) is 33.2 Å². The van der Waals surface area contributed by atoms with Crippen LogP contribution in [0, 0.1) is 6.92 Å². The van der Waals surface area contributed by atoms with Crippen molar-refractivity contribution < 1.29 is 8.94 Å². The highest BCUT2D eigenvalue weighted by atomic mass is 16.5. The molecule has 1 aliphatic rings. The Morgan fingerprint density at radius 3 is 3.00 bits per heavy atom. The highest BCUT2D eigenvalue weighted by Crippen LogP contribution is 2.26. The summed E-state index contributed by atoms with van der Waals surface area (Å²) in [6, 6.07) is 7.92. The molecule has 126 valence electrons. The van der Waals surface area contributed by atoms with Gasteiger partial charge in [0, 0.05) is 13.0 Å². The number of aryl methyl sites for hydroxylation is 2. The lowest BCUT2D eigenvalue weighted by atomic mass is 9.98. The van der Waals surface area contributed by atoms with E-state index < -0.39 is 0 Å². The summed E-state index contributed by atoms with van der Waals surface area (Å²) in [6.07, 6.45) is 4.22. The Bertz CT molecular complexity index is 777. The molecule has 1 atom stereocenters. The lowest BCUT2D eigenvalue weighted by Crippen LogP contribution is -2.35. The van der Waals surface area contributed by atoms with Gasteiger partial charge in [0.15, 0.2) is 17.3 Å². The number of hydrogen-bond donors (Lipinski definition) is 0. The number of rotatable bonds is 5. The zero-order valence-corrected chi connectivity index (χ0v) is 13.9. The van der Waals surface area contributed by atoms with Gasteiger partial charge in [-0.3, -0.25) is 0 Å². The van der Waals surface area contributed by atoms with Crippen LogP contribution in [0.5, 0.6) is 0 Å². The third kappa shape index (κ3) is 3.33. The normalized spacial score (nSPS) is 19.1. The summed E-state index contributed by atoms with van der Waals surface area (Å²) in [6.45, 7) is 5.04. The average molecular weight is 326 g/mol. The van der Waals surface area contributed by atoms with Gasteiger partial charge in [0.2, 0.25) is 5.89 Å². The highest BCUT2D eigenvalue weighted by molar-refractivity contribution is 5.72. The number of benzene rings is 1. The Hall–Kier alpha value is -2.21. The van der Waals surface area contributed by atoms with Crippen LogP contribution in [-0.4, -0.2) is 39.7 Å². The van der Waals surface area contributed by atoms with Crippen molar-refractivity contribution in [1.82, 2.24) is 20.0 Å². The molecule has 1 aliphatic heterocycles. The third-order valence-corrected chi connectivity index (χ3v) is 4.60. The van der Waals surface area contributed by atoms with Gasteiger partial charge in [-0.2, -0.15) is 4.98 Å². The van der Waals surface area contributed by atoms with E-state index in [1.165, 1.54) is 6.42 Å². The first-order valence-corrected chi connectivity index (χ1v) is 8.65. The van der Waals surface area contributed by atoms with E-state index in [4.69, 9.17) is 8.94 Å². The molecule has 3 heterocycles. The summed E-state index contributed by atoms with van der Waals surface area (Å²) in [4.78, 5) is 11.4. The molecule has 3 aromatic rings. The number of hydrogen-bond acceptors (Lipinski definition) is 6. The van der Waals surface area contributed by atoms with E-state index in [1.54, 1.807) is 0 Å². The molecular formula is C18H22N4O2. The van der Waals surface area contributed by atoms with Crippen molar-refractivity contribution in [3.8, 4) is 0 Å². The Kier molecular flexibility index (Phi) is 4.30. The summed E-state index contributed by atoms with van der Waals surface area (Å²) >= 11 is 0. The van der Waals surface area contributed by atoms with Gasteiger partial charge >= 0.3 is 0 Å². The minimum absolute atomic E-state index is 0.365. The van der Waals surface area contributed by atoms with Crippen LogP contribution in [0.3, 0.4) is 0 Å². The maximum Gasteiger partial charge on any atom is 0.231 e. The predicted octanol–water partition coefficient (Wildman–Crippen LogP) is 3.33. The first kappa shape index (κ1) is 15.3. The standard InChI is InChI=1S/C18H22N4O2/c1-13-19-18(24-21-13)14-6-4-10-22(12-14)11-5-9-17-20-15-7-2-3-8-16(15)23-17/h2-3,7-8,14H,4-6,9-12H2,1H3/t14-/m1/s1. The topological polar surface area (TPSA) is 68.2 Å². The number of para-hydroxylation sites is 2. The molecule has 1 saturated heterocycles. The summed E-state index contributed by atoms with van der Waals surface area (Å²) < 4.78 is 11.1. The number of piperidine rings is 1. The number of aromatic nitrogens is 3. The molecule has 1 aromatic carbocycles. The van der Waals surface area contributed by atoms with Gasteiger partial charge < -0.3 is 13.8 Å². The molecule has 0 spiro atoms. The Balaban J connectivity index is 1.30. The van der Waals surface area contributed by atoms with Gasteiger partial charge in [-0.15, -0.1) is 0 Å². The molecule has 0 saturated carbocycles. The molecule has 0 aliphatic carbocycles. The quantitative estimate of drug-likeness (QED) is 0.716. The summed E-state index contributed by atoms with van der Waals surface area (Å²) in [7, 11) is 0. The second kappa shape index (κ2) is 6.73. The van der Waals surface area contributed by atoms with Gasteiger partial charge in [0.05, 0.1) is 5.92 Å². The first-order chi connectivity index (χ1) is 11.8. The van der Waals surface area contributed by atoms with Crippen LogP contribution in [0.1, 0.15) is 42.8 Å². The first-order valence-electron chi connectivity index (χ1n) is 8.65. The van der Waals surface area contributed by atoms with E-state index in [0.717, 1.165) is 67.6 Å². The molecule has 0 amide bonds. The van der Waals surface area contributed by atoms with Crippen molar-refractivity contribution in [2.45, 2.75) is 38.5 Å². The zero-order chi connectivity index (χ0) is 16.4. The molecule has 4 rings (SSSR count). The van der Waals surface area contributed by atoms with Crippen LogP contribution in [0.2, 0.25) is 0 Å². The molecule has 2 aromatic heterocycles. The average Bonchev–Trinajstić information content (AvgIpc) is 3.21. The van der Waals surface area contributed by atoms with Gasteiger partial charge in [-0.1, -0.05) is 17.3 Å². The molecule has 0 unspecified atom stereocenters. The van der Waals surface area contributed by atoms with Crippen molar-refractivity contribution in [3.05, 3.63) is 41.9 Å². The lowest BCUT2D eigenvalue weighted by Gasteiger charge is -2.30. The summed E-state index contributed by atoms with van der Waals surface area (Å²) in [5.74, 6) is 2.70. The second-order valence-corrected chi connectivity index (χ2v) is 6.50. The maximum atomic E-state index is 5.79. The van der Waals surface area contributed by atoms with Crippen LogP contribution in [0.25, 0.3) is 11.1 Å². The largest absolute Gasteiger partial charge is 0.441 e. The minimum Gasteiger partial charge on any atom is -0.441 e. The van der Waals surface area contributed by atoms with E-state index in [2.05, 4.69) is 20.0 Å². The fourth-order valence-corrected chi connectivity index (χ4v) is 3.42.